The highest BCUT2D eigenvalue weighted by Gasteiger charge is 2.31. The van der Waals surface area contributed by atoms with Crippen LogP contribution in [0.5, 0.6) is 17.2 Å². The number of phenols is 3. The van der Waals surface area contributed by atoms with Crippen LogP contribution in [0.2, 0.25) is 0 Å². The van der Waals surface area contributed by atoms with Gasteiger partial charge in [0.1, 0.15) is 0 Å². The zero-order valence-electron chi connectivity index (χ0n) is 13.5. The lowest BCUT2D eigenvalue weighted by molar-refractivity contribution is -0.140. The number of carbonyl (C=O) groups excluding carboxylic acids is 2. The Morgan fingerprint density at radius 3 is 1.78 bits per heavy atom. The lowest BCUT2D eigenvalue weighted by Gasteiger charge is -2.37. The Bertz CT molecular complexity index is 605. The summed E-state index contributed by atoms with van der Waals surface area (Å²) in [5.74, 6) is -2.06. The van der Waals surface area contributed by atoms with Gasteiger partial charge in [-0.15, -0.1) is 0 Å². The van der Waals surface area contributed by atoms with Crippen molar-refractivity contribution in [2.75, 3.05) is 26.2 Å². The molecule has 2 amide bonds. The van der Waals surface area contributed by atoms with E-state index < -0.39 is 22.7 Å². The summed E-state index contributed by atoms with van der Waals surface area (Å²) in [6, 6.07) is 2.23. The van der Waals surface area contributed by atoms with Crippen LogP contribution < -0.4 is 0 Å². The van der Waals surface area contributed by atoms with Gasteiger partial charge < -0.3 is 25.1 Å². The Hall–Kier alpha value is -2.44. The summed E-state index contributed by atoms with van der Waals surface area (Å²) in [4.78, 5) is 27.9. The standard InChI is InChI=1S/C16H22N2O5/c1-16(2,3)15(23)18-6-4-17(5-7-18)14(22)10-8-11(19)13(21)12(20)9-10/h8-9,19-21H,4-7H2,1-3H3. The highest BCUT2D eigenvalue weighted by atomic mass is 16.3. The van der Waals surface area contributed by atoms with Crippen molar-refractivity contribution in [3.05, 3.63) is 17.7 Å². The molecule has 1 aromatic carbocycles. The molecule has 0 spiro atoms. The molecule has 7 nitrogen and oxygen atoms in total. The molecule has 0 radical (unpaired) electrons. The maximum Gasteiger partial charge on any atom is 0.254 e. The molecule has 1 fully saturated rings. The summed E-state index contributed by atoms with van der Waals surface area (Å²) in [7, 11) is 0. The number of piperazine rings is 1. The predicted octanol–water partition coefficient (Wildman–Crippen LogP) is 1.13. The van der Waals surface area contributed by atoms with E-state index in [0.717, 1.165) is 12.1 Å². The summed E-state index contributed by atoms with van der Waals surface area (Å²) < 4.78 is 0. The number of rotatable bonds is 1. The van der Waals surface area contributed by atoms with Crippen molar-refractivity contribution >= 4 is 11.8 Å². The maximum absolute atomic E-state index is 12.4. The number of hydrogen-bond acceptors (Lipinski definition) is 5. The van der Waals surface area contributed by atoms with E-state index in [1.807, 2.05) is 20.8 Å². The average Bonchev–Trinajstić information content (AvgIpc) is 2.50. The number of amides is 2. The lowest BCUT2D eigenvalue weighted by Crippen LogP contribution is -2.53. The van der Waals surface area contributed by atoms with Crippen LogP contribution >= 0.6 is 0 Å². The van der Waals surface area contributed by atoms with Crippen molar-refractivity contribution < 1.29 is 24.9 Å². The van der Waals surface area contributed by atoms with Crippen molar-refractivity contribution in [1.82, 2.24) is 9.80 Å². The van der Waals surface area contributed by atoms with Crippen LogP contribution in [0, 0.1) is 5.41 Å². The molecule has 0 saturated carbocycles. The largest absolute Gasteiger partial charge is 0.504 e. The fourth-order valence-electron chi connectivity index (χ4n) is 2.50. The van der Waals surface area contributed by atoms with E-state index in [1.54, 1.807) is 9.80 Å². The first-order valence-electron chi connectivity index (χ1n) is 7.45. The van der Waals surface area contributed by atoms with Crippen LogP contribution in [0.3, 0.4) is 0 Å². The van der Waals surface area contributed by atoms with Crippen LogP contribution in [-0.2, 0) is 4.79 Å². The monoisotopic (exact) mass is 322 g/mol. The molecule has 0 aromatic heterocycles. The number of nitrogens with zero attached hydrogens (tertiary/aromatic N) is 2. The van der Waals surface area contributed by atoms with Gasteiger partial charge in [0.15, 0.2) is 17.2 Å². The molecular weight excluding hydrogens is 300 g/mol. The minimum Gasteiger partial charge on any atom is -0.504 e. The van der Waals surface area contributed by atoms with Gasteiger partial charge in [-0.2, -0.15) is 0 Å². The van der Waals surface area contributed by atoms with Gasteiger partial charge >= 0.3 is 0 Å². The lowest BCUT2D eigenvalue weighted by atomic mass is 9.94. The Labute approximate surface area is 134 Å². The quantitative estimate of drug-likeness (QED) is 0.673. The molecule has 3 N–H and O–H groups in total. The molecule has 0 bridgehead atoms. The minimum absolute atomic E-state index is 0.0459. The predicted molar refractivity (Wildman–Crippen MR) is 83.4 cm³/mol. The van der Waals surface area contributed by atoms with E-state index in [9.17, 15) is 24.9 Å². The van der Waals surface area contributed by atoms with Gasteiger partial charge in [0, 0.05) is 37.2 Å². The van der Waals surface area contributed by atoms with E-state index in [1.165, 1.54) is 0 Å². The average molecular weight is 322 g/mol. The zero-order valence-corrected chi connectivity index (χ0v) is 13.5. The molecule has 1 saturated heterocycles. The molecule has 0 unspecified atom stereocenters. The summed E-state index contributed by atoms with van der Waals surface area (Å²) in [5, 5.41) is 28.3. The molecule has 1 aromatic rings. The van der Waals surface area contributed by atoms with Crippen LogP contribution in [0.1, 0.15) is 31.1 Å². The molecule has 126 valence electrons. The Kier molecular flexibility index (Phi) is 4.40. The Morgan fingerprint density at radius 2 is 1.35 bits per heavy atom. The molecular formula is C16H22N2O5. The van der Waals surface area contributed by atoms with Crippen LogP contribution in [0.25, 0.3) is 0 Å². The summed E-state index contributed by atoms with van der Waals surface area (Å²) in [6.07, 6.45) is 0. The SMILES string of the molecule is CC(C)(C)C(=O)N1CCN(C(=O)c2cc(O)c(O)c(O)c2)CC1. The molecule has 2 rings (SSSR count). The van der Waals surface area contributed by atoms with Crippen LogP contribution in [0.4, 0.5) is 0 Å². The van der Waals surface area contributed by atoms with Crippen LogP contribution in [-0.4, -0.2) is 63.1 Å². The third kappa shape index (κ3) is 3.49. The molecule has 1 aliphatic rings. The number of carbonyl (C=O) groups is 2. The number of hydrogen-bond donors (Lipinski definition) is 3. The van der Waals surface area contributed by atoms with Gasteiger partial charge in [0.2, 0.25) is 5.91 Å². The minimum atomic E-state index is -0.651. The Morgan fingerprint density at radius 1 is 0.913 bits per heavy atom. The van der Waals surface area contributed by atoms with Crippen molar-refractivity contribution in [3.63, 3.8) is 0 Å². The fraction of sp³-hybridized carbons (Fsp3) is 0.500. The third-order valence-corrected chi connectivity index (χ3v) is 3.81. The summed E-state index contributed by atoms with van der Waals surface area (Å²) in [5.41, 5.74) is -0.367. The smallest absolute Gasteiger partial charge is 0.254 e. The van der Waals surface area contributed by atoms with E-state index in [4.69, 9.17) is 0 Å². The van der Waals surface area contributed by atoms with Gasteiger partial charge in [0.25, 0.3) is 5.91 Å². The molecule has 23 heavy (non-hydrogen) atoms. The normalized spacial score (nSPS) is 15.6. The molecule has 1 aliphatic heterocycles. The second-order valence-corrected chi connectivity index (χ2v) is 6.70. The third-order valence-electron chi connectivity index (χ3n) is 3.81. The van der Waals surface area contributed by atoms with Crippen molar-refractivity contribution in [3.8, 4) is 17.2 Å². The molecule has 1 heterocycles. The molecule has 7 heteroatoms. The van der Waals surface area contributed by atoms with Gasteiger partial charge in [0.05, 0.1) is 0 Å². The van der Waals surface area contributed by atoms with Gasteiger partial charge in [-0.05, 0) is 12.1 Å². The summed E-state index contributed by atoms with van der Waals surface area (Å²) >= 11 is 0. The van der Waals surface area contributed by atoms with E-state index in [0.29, 0.717) is 26.2 Å². The molecule has 0 atom stereocenters. The molecule has 0 aliphatic carbocycles. The highest BCUT2D eigenvalue weighted by molar-refractivity contribution is 5.95. The maximum atomic E-state index is 12.4. The first-order valence-corrected chi connectivity index (χ1v) is 7.45. The number of benzene rings is 1. The second-order valence-electron chi connectivity index (χ2n) is 6.70. The highest BCUT2D eigenvalue weighted by Crippen LogP contribution is 2.35. The Balaban J connectivity index is 2.06. The first kappa shape index (κ1) is 16.9. The first-order chi connectivity index (χ1) is 10.6. The van der Waals surface area contributed by atoms with Gasteiger partial charge in [-0.1, -0.05) is 20.8 Å². The number of aromatic hydroxyl groups is 3. The van der Waals surface area contributed by atoms with E-state index in [-0.39, 0.29) is 17.4 Å². The van der Waals surface area contributed by atoms with Crippen molar-refractivity contribution in [2.24, 2.45) is 5.41 Å². The number of phenolic OH excluding ortho intramolecular Hbond substituents is 3. The van der Waals surface area contributed by atoms with Crippen LogP contribution in [0.15, 0.2) is 12.1 Å². The summed E-state index contributed by atoms with van der Waals surface area (Å²) in [6.45, 7) is 7.21. The topological polar surface area (TPSA) is 101 Å². The fourth-order valence-corrected chi connectivity index (χ4v) is 2.50. The van der Waals surface area contributed by atoms with Crippen molar-refractivity contribution in [2.45, 2.75) is 20.8 Å². The van der Waals surface area contributed by atoms with Gasteiger partial charge in [-0.3, -0.25) is 9.59 Å². The van der Waals surface area contributed by atoms with E-state index >= 15 is 0 Å². The van der Waals surface area contributed by atoms with Gasteiger partial charge in [-0.25, -0.2) is 0 Å². The zero-order chi connectivity index (χ0) is 17.4. The van der Waals surface area contributed by atoms with Crippen molar-refractivity contribution in [1.29, 1.82) is 0 Å². The second kappa shape index (κ2) is 5.98. The van der Waals surface area contributed by atoms with E-state index in [2.05, 4.69) is 0 Å².